The highest BCUT2D eigenvalue weighted by molar-refractivity contribution is 7.12. The molecular weight excluding hydrogens is 687 g/mol. The maximum atomic E-state index is 13.3. The van der Waals surface area contributed by atoms with E-state index in [1.165, 1.54) is 17.4 Å². The number of amides is 4. The summed E-state index contributed by atoms with van der Waals surface area (Å²) < 4.78 is 10.6. The van der Waals surface area contributed by atoms with E-state index in [1.54, 1.807) is 108 Å². The van der Waals surface area contributed by atoms with E-state index >= 15 is 0 Å². The molecule has 0 spiro atoms. The van der Waals surface area contributed by atoms with E-state index in [0.29, 0.717) is 27.3 Å². The molecule has 0 saturated carbocycles. The number of para-hydroxylation sites is 1. The first-order chi connectivity index (χ1) is 24.5. The van der Waals surface area contributed by atoms with Crippen molar-refractivity contribution in [3.05, 3.63) is 88.1 Å². The number of anilines is 1. The molecule has 2 heterocycles. The lowest BCUT2D eigenvalue weighted by molar-refractivity contribution is 0.0405. The predicted molar refractivity (Wildman–Crippen MR) is 197 cm³/mol. The fraction of sp³-hybridized carbons (Fsp3) is 0.297. The minimum absolute atomic E-state index is 0.00730. The molecule has 4 rings (SSSR count). The van der Waals surface area contributed by atoms with Gasteiger partial charge in [0.05, 0.1) is 10.6 Å². The number of hydrogen-bond acceptors (Lipinski definition) is 11. The summed E-state index contributed by atoms with van der Waals surface area (Å²) in [4.78, 5) is 56.1. The highest BCUT2D eigenvalue weighted by atomic mass is 32.1. The third-order valence-corrected chi connectivity index (χ3v) is 7.67. The first kappa shape index (κ1) is 38.8. The standard InChI is InChI=1S/C37H41N7O7S/c1-36(2,3)50-34(48)43-33(44-35(49)51-37(4,5)6)40-17-16-39-31(46)23-12-9-11-22(19-23)25-20-27(24-13-7-8-14-28(24)45)41-30(26(25)21-38)42-32(47)29-15-10-18-52-29/h7-15,18-20,33,40,45H,16-17H2,1-6H3,(H,39,46)(H,43,48)(H,44,49)(H,41,42,47). The van der Waals surface area contributed by atoms with Crippen molar-refractivity contribution >= 4 is 41.2 Å². The van der Waals surface area contributed by atoms with Crippen LogP contribution in [0.15, 0.2) is 72.1 Å². The lowest BCUT2D eigenvalue weighted by Crippen LogP contribution is -2.58. The first-order valence-corrected chi connectivity index (χ1v) is 17.1. The highest BCUT2D eigenvalue weighted by Gasteiger charge is 2.24. The van der Waals surface area contributed by atoms with Crippen LogP contribution >= 0.6 is 11.3 Å². The van der Waals surface area contributed by atoms with Crippen LogP contribution in [0.1, 0.15) is 67.1 Å². The largest absolute Gasteiger partial charge is 0.507 e. The summed E-state index contributed by atoms with van der Waals surface area (Å²) in [5.74, 6) is -0.953. The number of aromatic nitrogens is 1. The maximum Gasteiger partial charge on any atom is 0.410 e. The van der Waals surface area contributed by atoms with Crippen LogP contribution in [0.2, 0.25) is 0 Å². The van der Waals surface area contributed by atoms with Crippen molar-refractivity contribution in [3.63, 3.8) is 0 Å². The molecule has 0 radical (unpaired) electrons. The van der Waals surface area contributed by atoms with Gasteiger partial charge < -0.3 is 25.2 Å². The predicted octanol–water partition coefficient (Wildman–Crippen LogP) is 5.96. The number of nitrogens with one attached hydrogen (secondary N) is 5. The molecule has 4 amide bonds. The lowest BCUT2D eigenvalue weighted by atomic mass is 9.96. The molecule has 6 N–H and O–H groups in total. The number of nitrogens with zero attached hydrogens (tertiary/aromatic N) is 2. The second-order valence-electron chi connectivity index (χ2n) is 13.4. The molecule has 2 aromatic heterocycles. The van der Waals surface area contributed by atoms with Gasteiger partial charge in [-0.25, -0.2) is 14.6 Å². The van der Waals surface area contributed by atoms with E-state index in [0.717, 1.165) is 0 Å². The Morgan fingerprint density at radius 1 is 0.846 bits per heavy atom. The summed E-state index contributed by atoms with van der Waals surface area (Å²) in [6, 6.07) is 20.2. The number of rotatable bonds is 11. The normalized spacial score (nSPS) is 11.3. The van der Waals surface area contributed by atoms with Crippen molar-refractivity contribution in [1.29, 1.82) is 5.26 Å². The van der Waals surface area contributed by atoms with Crippen molar-refractivity contribution in [1.82, 2.24) is 26.3 Å². The van der Waals surface area contributed by atoms with Gasteiger partial charge in [-0.3, -0.25) is 25.5 Å². The van der Waals surface area contributed by atoms with E-state index in [4.69, 9.17) is 9.47 Å². The molecule has 0 aliphatic rings. The van der Waals surface area contributed by atoms with Gasteiger partial charge >= 0.3 is 12.2 Å². The zero-order valence-corrected chi connectivity index (χ0v) is 30.4. The molecule has 52 heavy (non-hydrogen) atoms. The van der Waals surface area contributed by atoms with Crippen LogP contribution in [0.4, 0.5) is 15.4 Å². The molecule has 0 atom stereocenters. The third-order valence-electron chi connectivity index (χ3n) is 6.81. The number of pyridine rings is 1. The zero-order valence-electron chi connectivity index (χ0n) is 29.6. The summed E-state index contributed by atoms with van der Waals surface area (Å²) in [5.41, 5.74) is 0.295. The number of nitriles is 1. The van der Waals surface area contributed by atoms with Gasteiger partial charge in [0, 0.05) is 29.8 Å². The van der Waals surface area contributed by atoms with Gasteiger partial charge in [-0.15, -0.1) is 11.3 Å². The average molecular weight is 728 g/mol. The minimum Gasteiger partial charge on any atom is -0.507 e. The van der Waals surface area contributed by atoms with Crippen molar-refractivity contribution < 1.29 is 33.8 Å². The molecule has 0 unspecified atom stereocenters. The average Bonchev–Trinajstić information content (AvgIpc) is 3.60. The SMILES string of the molecule is CC(C)(C)OC(=O)NC(NCCNC(=O)c1cccc(-c2cc(-c3ccccc3O)nc(NC(=O)c3cccs3)c2C#N)c1)NC(=O)OC(C)(C)C. The van der Waals surface area contributed by atoms with Crippen molar-refractivity contribution in [2.24, 2.45) is 0 Å². The minimum atomic E-state index is -1.09. The number of ether oxygens (including phenoxy) is 2. The molecular formula is C37H41N7O7S. The summed E-state index contributed by atoms with van der Waals surface area (Å²) in [7, 11) is 0. The van der Waals surface area contributed by atoms with Gasteiger partial charge in [0.1, 0.15) is 28.6 Å². The first-order valence-electron chi connectivity index (χ1n) is 16.2. The van der Waals surface area contributed by atoms with Gasteiger partial charge in [0.25, 0.3) is 11.8 Å². The van der Waals surface area contributed by atoms with E-state index in [1.807, 2.05) is 0 Å². The monoisotopic (exact) mass is 727 g/mol. The topological polar surface area (TPSA) is 204 Å². The van der Waals surface area contributed by atoms with Crippen molar-refractivity contribution in [2.45, 2.75) is 59.0 Å². The molecule has 0 bridgehead atoms. The number of hydrogen-bond donors (Lipinski definition) is 6. The van der Waals surface area contributed by atoms with Gasteiger partial charge in [-0.2, -0.15) is 5.26 Å². The van der Waals surface area contributed by atoms with E-state index in [9.17, 15) is 29.5 Å². The molecule has 14 nitrogen and oxygen atoms in total. The van der Waals surface area contributed by atoms with Crippen LogP contribution in [0.25, 0.3) is 22.4 Å². The Morgan fingerprint density at radius 2 is 1.52 bits per heavy atom. The molecule has 15 heteroatoms. The van der Waals surface area contributed by atoms with E-state index in [-0.39, 0.29) is 35.8 Å². The van der Waals surface area contributed by atoms with Crippen molar-refractivity contribution in [2.75, 3.05) is 18.4 Å². The van der Waals surface area contributed by atoms with Gasteiger partial charge in [-0.1, -0.05) is 30.3 Å². The molecule has 4 aromatic rings. The second-order valence-corrected chi connectivity index (χ2v) is 14.3. The highest BCUT2D eigenvalue weighted by Crippen LogP contribution is 2.36. The number of phenolic OH excluding ortho intramolecular Hbond substituents is 1. The molecule has 0 saturated heterocycles. The molecule has 2 aromatic carbocycles. The quantitative estimate of drug-likeness (QED) is 0.0790. The Hall–Kier alpha value is -5.98. The van der Waals surface area contributed by atoms with Crippen molar-refractivity contribution in [3.8, 4) is 34.2 Å². The summed E-state index contributed by atoms with van der Waals surface area (Å²) in [6.07, 6.45) is -2.65. The van der Waals surface area contributed by atoms with E-state index < -0.39 is 41.5 Å². The summed E-state index contributed by atoms with van der Waals surface area (Å²) in [5, 5.41) is 36.1. The molecule has 0 aliphatic heterocycles. The Morgan fingerprint density at radius 3 is 2.12 bits per heavy atom. The molecule has 0 aliphatic carbocycles. The summed E-state index contributed by atoms with van der Waals surface area (Å²) >= 11 is 1.23. The Labute approximate surface area is 305 Å². The fourth-order valence-electron chi connectivity index (χ4n) is 4.69. The van der Waals surface area contributed by atoms with Gasteiger partial charge in [-0.05, 0) is 88.9 Å². The fourth-order valence-corrected chi connectivity index (χ4v) is 5.31. The van der Waals surface area contributed by atoms with Crippen LogP contribution in [0.5, 0.6) is 5.75 Å². The molecule has 272 valence electrons. The lowest BCUT2D eigenvalue weighted by Gasteiger charge is -2.26. The van der Waals surface area contributed by atoms with Crippen LogP contribution in [-0.4, -0.2) is 64.7 Å². The number of benzene rings is 2. The number of alkyl carbamates (subject to hydrolysis) is 2. The maximum absolute atomic E-state index is 13.3. The Bertz CT molecular complexity index is 1930. The number of carbonyl (C=O) groups excluding carboxylic acids is 4. The number of thiophene rings is 1. The van der Waals surface area contributed by atoms with Gasteiger partial charge in [0.2, 0.25) is 0 Å². The Kier molecular flexibility index (Phi) is 12.6. The zero-order chi connectivity index (χ0) is 38.1. The van der Waals surface area contributed by atoms with Gasteiger partial charge in [0.15, 0.2) is 12.1 Å². The number of phenols is 1. The van der Waals surface area contributed by atoms with Crippen LogP contribution in [-0.2, 0) is 9.47 Å². The van der Waals surface area contributed by atoms with E-state index in [2.05, 4.69) is 37.6 Å². The van der Waals surface area contributed by atoms with Crippen LogP contribution in [0.3, 0.4) is 0 Å². The molecule has 0 fully saturated rings. The number of aromatic hydroxyl groups is 1. The second kappa shape index (κ2) is 16.8. The van der Waals surface area contributed by atoms with Crippen LogP contribution in [0, 0.1) is 11.3 Å². The van der Waals surface area contributed by atoms with Crippen LogP contribution < -0.4 is 26.6 Å². The third kappa shape index (κ3) is 11.3. The summed E-state index contributed by atoms with van der Waals surface area (Å²) in [6.45, 7) is 10.4. The smallest absolute Gasteiger partial charge is 0.410 e. The Balaban J connectivity index is 1.53. The number of carbonyl (C=O) groups is 4.